The molecule has 0 saturated carbocycles. The molecule has 0 spiro atoms. The average molecular weight is 109 g/mol. The van der Waals surface area contributed by atoms with E-state index in [1.165, 1.54) is 0 Å². The fourth-order valence-electron chi connectivity index (χ4n) is 0.0772. The third-order valence-corrected chi connectivity index (χ3v) is 0.693. The summed E-state index contributed by atoms with van der Waals surface area (Å²) in [6.07, 6.45) is 0.392. The Morgan fingerprint density at radius 2 is 2.50 bits per heavy atom. The van der Waals surface area contributed by atoms with E-state index < -0.39 is 0 Å². The molecule has 6 heavy (non-hydrogen) atoms. The zero-order valence-electron chi connectivity index (χ0n) is 3.54. The van der Waals surface area contributed by atoms with Gasteiger partial charge in [0.1, 0.15) is 5.83 Å². The van der Waals surface area contributed by atoms with E-state index in [2.05, 4.69) is 0 Å². The molecule has 0 nitrogen and oxygen atoms in total. The van der Waals surface area contributed by atoms with E-state index in [-0.39, 0.29) is 5.83 Å². The van der Waals surface area contributed by atoms with Crippen molar-refractivity contribution >= 4 is 11.6 Å². The lowest BCUT2D eigenvalue weighted by Crippen LogP contribution is -1.59. The van der Waals surface area contributed by atoms with Crippen LogP contribution < -0.4 is 0 Å². The molecule has 36 valence electrons. The van der Waals surface area contributed by atoms with Crippen molar-refractivity contribution in [3.8, 4) is 0 Å². The summed E-state index contributed by atoms with van der Waals surface area (Å²) in [5.74, 6) is -0.267. The molecule has 0 unspecified atom stereocenters. The molecule has 0 atom stereocenters. The maximum absolute atomic E-state index is 11.6. The van der Waals surface area contributed by atoms with Crippen molar-refractivity contribution in [2.75, 3.05) is 0 Å². The predicted molar refractivity (Wildman–Crippen MR) is 25.3 cm³/mol. The Kier molecular flexibility index (Phi) is 3.14. The van der Waals surface area contributed by atoms with Crippen LogP contribution in [0.5, 0.6) is 0 Å². The Labute approximate surface area is 41.6 Å². The van der Waals surface area contributed by atoms with Gasteiger partial charge in [-0.25, -0.2) is 4.39 Å². The van der Waals surface area contributed by atoms with E-state index in [1.54, 1.807) is 6.92 Å². The zero-order chi connectivity index (χ0) is 4.99. The first-order valence-corrected chi connectivity index (χ1v) is 2.19. The summed E-state index contributed by atoms with van der Waals surface area (Å²) in [6, 6.07) is 0. The van der Waals surface area contributed by atoms with Gasteiger partial charge in [-0.2, -0.15) is 0 Å². The van der Waals surface area contributed by atoms with E-state index in [0.717, 1.165) is 5.54 Å². The van der Waals surface area contributed by atoms with Crippen molar-refractivity contribution in [1.82, 2.24) is 0 Å². The molecule has 0 aromatic heterocycles. The second-order valence-electron chi connectivity index (χ2n) is 0.910. The summed E-state index contributed by atoms with van der Waals surface area (Å²) >= 11 is 4.92. The van der Waals surface area contributed by atoms with Crippen LogP contribution in [-0.4, -0.2) is 0 Å². The maximum atomic E-state index is 11.6. The van der Waals surface area contributed by atoms with Gasteiger partial charge in [0, 0.05) is 5.54 Å². The van der Waals surface area contributed by atoms with Crippen molar-refractivity contribution in [3.63, 3.8) is 0 Å². The molecule has 0 aromatic rings. The standard InChI is InChI=1S/C4H6ClF/c1-2-4(6)3-5/h3H,2H2,1H3. The normalized spacial score (nSPS) is 12.2. The Balaban J connectivity index is 3.22. The molecule has 0 aliphatic rings. The van der Waals surface area contributed by atoms with Gasteiger partial charge in [-0.1, -0.05) is 18.5 Å². The summed E-state index contributed by atoms with van der Waals surface area (Å²) in [5, 5.41) is 0. The van der Waals surface area contributed by atoms with Crippen LogP contribution in [0.15, 0.2) is 11.4 Å². The molecule has 0 N–H and O–H groups in total. The third-order valence-electron chi connectivity index (χ3n) is 0.456. The van der Waals surface area contributed by atoms with E-state index in [4.69, 9.17) is 11.6 Å². The number of hydrogen-bond donors (Lipinski definition) is 0. The molecule has 0 aliphatic heterocycles. The highest BCUT2D eigenvalue weighted by Gasteiger charge is 1.80. The van der Waals surface area contributed by atoms with Gasteiger partial charge < -0.3 is 0 Å². The van der Waals surface area contributed by atoms with Crippen molar-refractivity contribution in [1.29, 1.82) is 0 Å². The van der Waals surface area contributed by atoms with E-state index in [1.807, 2.05) is 0 Å². The monoisotopic (exact) mass is 108 g/mol. The SMILES string of the molecule is CCC(F)=CCl. The second-order valence-corrected chi connectivity index (χ2v) is 1.13. The van der Waals surface area contributed by atoms with Gasteiger partial charge in [0.2, 0.25) is 0 Å². The quantitative estimate of drug-likeness (QED) is 0.484. The van der Waals surface area contributed by atoms with Gasteiger partial charge in [-0.3, -0.25) is 0 Å². The first-order chi connectivity index (χ1) is 2.81. The lowest BCUT2D eigenvalue weighted by atomic mass is 10.5. The summed E-state index contributed by atoms with van der Waals surface area (Å²) in [4.78, 5) is 0. The van der Waals surface area contributed by atoms with Crippen LogP contribution in [0.25, 0.3) is 0 Å². The van der Waals surface area contributed by atoms with Gasteiger partial charge >= 0.3 is 0 Å². The van der Waals surface area contributed by atoms with E-state index in [9.17, 15) is 4.39 Å². The van der Waals surface area contributed by atoms with Crippen LogP contribution >= 0.6 is 11.6 Å². The maximum Gasteiger partial charge on any atom is 0.111 e. The van der Waals surface area contributed by atoms with Crippen molar-refractivity contribution in [2.45, 2.75) is 13.3 Å². The highest BCUT2D eigenvalue weighted by Crippen LogP contribution is 2.01. The van der Waals surface area contributed by atoms with Crippen LogP contribution in [0.1, 0.15) is 13.3 Å². The number of rotatable bonds is 1. The van der Waals surface area contributed by atoms with Crippen molar-refractivity contribution in [3.05, 3.63) is 11.4 Å². The smallest absolute Gasteiger partial charge is 0.111 e. The number of hydrogen-bond acceptors (Lipinski definition) is 0. The van der Waals surface area contributed by atoms with Crippen LogP contribution in [0.2, 0.25) is 0 Å². The second kappa shape index (κ2) is 3.16. The molecule has 0 saturated heterocycles. The van der Waals surface area contributed by atoms with Crippen LogP contribution in [-0.2, 0) is 0 Å². The summed E-state index contributed by atoms with van der Waals surface area (Å²) in [7, 11) is 0. The number of halogens is 2. The van der Waals surface area contributed by atoms with Crippen LogP contribution in [0.4, 0.5) is 4.39 Å². The van der Waals surface area contributed by atoms with Gasteiger partial charge in [0.15, 0.2) is 0 Å². The molecule has 0 heterocycles. The van der Waals surface area contributed by atoms with Crippen molar-refractivity contribution < 1.29 is 4.39 Å². The first kappa shape index (κ1) is 5.96. The van der Waals surface area contributed by atoms with Crippen LogP contribution in [0, 0.1) is 0 Å². The summed E-state index contributed by atoms with van der Waals surface area (Å²) < 4.78 is 11.6. The Hall–Kier alpha value is -0.0400. The fourth-order valence-corrected chi connectivity index (χ4v) is 0.231. The van der Waals surface area contributed by atoms with E-state index in [0.29, 0.717) is 6.42 Å². The fraction of sp³-hybridized carbons (Fsp3) is 0.500. The molecular weight excluding hydrogens is 102 g/mol. The Morgan fingerprint density at radius 1 is 2.00 bits per heavy atom. The molecule has 0 rings (SSSR count). The topological polar surface area (TPSA) is 0 Å². The lowest BCUT2D eigenvalue weighted by Gasteiger charge is -1.78. The summed E-state index contributed by atoms with van der Waals surface area (Å²) in [6.45, 7) is 1.70. The Morgan fingerprint density at radius 3 is 2.50 bits per heavy atom. The molecular formula is C4H6ClF. The van der Waals surface area contributed by atoms with E-state index >= 15 is 0 Å². The molecule has 0 amide bonds. The molecule has 0 bridgehead atoms. The molecule has 2 heteroatoms. The zero-order valence-corrected chi connectivity index (χ0v) is 4.30. The highest BCUT2D eigenvalue weighted by atomic mass is 35.5. The van der Waals surface area contributed by atoms with Gasteiger partial charge in [0.25, 0.3) is 0 Å². The predicted octanol–water partition coefficient (Wildman–Crippen LogP) is 2.45. The van der Waals surface area contributed by atoms with Crippen LogP contribution in [0.3, 0.4) is 0 Å². The molecule has 0 aliphatic carbocycles. The van der Waals surface area contributed by atoms with Gasteiger partial charge in [-0.05, 0) is 6.42 Å². The molecule has 0 radical (unpaired) electrons. The largest absolute Gasteiger partial charge is 0.211 e. The summed E-state index contributed by atoms with van der Waals surface area (Å²) in [5.41, 5.74) is 0.944. The van der Waals surface area contributed by atoms with Crippen molar-refractivity contribution in [2.24, 2.45) is 0 Å². The number of allylic oxidation sites excluding steroid dienone is 1. The average Bonchev–Trinajstić information content (AvgIpc) is 1.65. The lowest BCUT2D eigenvalue weighted by molar-refractivity contribution is 0.607. The minimum Gasteiger partial charge on any atom is -0.211 e. The highest BCUT2D eigenvalue weighted by molar-refractivity contribution is 6.25. The minimum atomic E-state index is -0.267. The minimum absolute atomic E-state index is 0.267. The molecule has 0 fully saturated rings. The first-order valence-electron chi connectivity index (χ1n) is 1.76. The third kappa shape index (κ3) is 2.21. The Bertz CT molecular complexity index is 58.6. The molecule has 0 aromatic carbocycles. The van der Waals surface area contributed by atoms with Gasteiger partial charge in [0.05, 0.1) is 0 Å². The van der Waals surface area contributed by atoms with Gasteiger partial charge in [-0.15, -0.1) is 0 Å².